The molecular weight excluding hydrogens is 951 g/mol. The van der Waals surface area contributed by atoms with E-state index in [-0.39, 0.29) is 57.3 Å². The molecule has 21 heteroatoms. The molecular formula is C52H68F2N8O11. The molecule has 0 aliphatic carbocycles. The van der Waals surface area contributed by atoms with Gasteiger partial charge in [-0.2, -0.15) is 0 Å². The first-order chi connectivity index (χ1) is 34.4. The van der Waals surface area contributed by atoms with Crippen molar-refractivity contribution in [3.05, 3.63) is 95.8 Å². The maximum Gasteiger partial charge on any atom is 0.326 e. The number of carbonyl (C=O) groups is 9. The van der Waals surface area contributed by atoms with Crippen LogP contribution in [-0.4, -0.2) is 129 Å². The zero-order chi connectivity index (χ0) is 54.2. The molecule has 2 aromatic carbocycles. The number of halogens is 2. The number of aliphatic hydroxyl groups excluding tert-OH is 1. The highest BCUT2D eigenvalue weighted by Gasteiger charge is 2.38. The molecule has 0 fully saturated rings. The summed E-state index contributed by atoms with van der Waals surface area (Å²) < 4.78 is 31.3. The van der Waals surface area contributed by atoms with Crippen molar-refractivity contribution in [1.82, 2.24) is 35.6 Å². The summed E-state index contributed by atoms with van der Waals surface area (Å²) in [5, 5.41) is 30.2. The number of nitrogens with one attached hydrogen (secondary N) is 4. The molecule has 4 rings (SSSR count). The van der Waals surface area contributed by atoms with Gasteiger partial charge in [0, 0.05) is 80.1 Å². The molecule has 1 aliphatic heterocycles. The molecule has 1 aromatic heterocycles. The molecule has 0 saturated heterocycles. The Morgan fingerprint density at radius 2 is 1.49 bits per heavy atom. The second-order valence-corrected chi connectivity index (χ2v) is 19.5. The van der Waals surface area contributed by atoms with Gasteiger partial charge in [0.15, 0.2) is 5.78 Å². The third kappa shape index (κ3) is 17.3. The van der Waals surface area contributed by atoms with Crippen LogP contribution >= 0.6 is 0 Å². The lowest BCUT2D eigenvalue weighted by atomic mass is 9.82. The number of carboxylic acids is 1. The van der Waals surface area contributed by atoms with Crippen molar-refractivity contribution in [3.63, 3.8) is 0 Å². The number of amides is 7. The normalized spacial score (nSPS) is 14.5. The van der Waals surface area contributed by atoms with Crippen LogP contribution < -0.4 is 27.0 Å². The van der Waals surface area contributed by atoms with Crippen LogP contribution in [0.3, 0.4) is 0 Å². The number of carbonyl (C=O) groups excluding carboxylic acids is 8. The number of hydrogen-bond donors (Lipinski definition) is 7. The molecule has 396 valence electrons. The van der Waals surface area contributed by atoms with E-state index >= 15 is 4.39 Å². The van der Waals surface area contributed by atoms with E-state index in [4.69, 9.17) is 5.73 Å². The van der Waals surface area contributed by atoms with E-state index in [0.717, 1.165) is 40.8 Å². The number of imide groups is 1. The monoisotopic (exact) mass is 1020 g/mol. The molecule has 2 heterocycles. The van der Waals surface area contributed by atoms with Gasteiger partial charge in [-0.1, -0.05) is 71.9 Å². The van der Waals surface area contributed by atoms with Gasteiger partial charge in [0.05, 0.1) is 18.1 Å². The van der Waals surface area contributed by atoms with Crippen LogP contribution in [0.25, 0.3) is 11.1 Å². The minimum atomic E-state index is -1.30. The van der Waals surface area contributed by atoms with Gasteiger partial charge >= 0.3 is 5.97 Å². The van der Waals surface area contributed by atoms with E-state index in [1.54, 1.807) is 26.1 Å². The molecule has 5 atom stereocenters. The number of unbranched alkanes of at least 4 members (excludes halogenated alkanes) is 1. The summed E-state index contributed by atoms with van der Waals surface area (Å²) in [6.07, 6.45) is 3.89. The van der Waals surface area contributed by atoms with Crippen LogP contribution in [0.2, 0.25) is 0 Å². The van der Waals surface area contributed by atoms with Crippen LogP contribution in [0.5, 0.6) is 0 Å². The summed E-state index contributed by atoms with van der Waals surface area (Å²) in [4.78, 5) is 116. The maximum absolute atomic E-state index is 15.1. The minimum absolute atomic E-state index is 0.00717. The van der Waals surface area contributed by atoms with E-state index in [0.29, 0.717) is 24.2 Å². The lowest BCUT2D eigenvalue weighted by Crippen LogP contribution is -2.50. The summed E-state index contributed by atoms with van der Waals surface area (Å²) in [5.74, 6) is -8.86. The van der Waals surface area contributed by atoms with Crippen LogP contribution in [0, 0.1) is 28.9 Å². The first kappa shape index (κ1) is 58.4. The zero-order valence-corrected chi connectivity index (χ0v) is 42.1. The average molecular weight is 1020 g/mol. The third-order valence-electron chi connectivity index (χ3n) is 12.2. The van der Waals surface area contributed by atoms with E-state index < -0.39 is 119 Å². The predicted octanol–water partition coefficient (Wildman–Crippen LogP) is 3.13. The highest BCUT2D eigenvalue weighted by atomic mass is 19.1. The number of ketones is 1. The van der Waals surface area contributed by atoms with Gasteiger partial charge in [0.2, 0.25) is 29.5 Å². The topological polar surface area (TPSA) is 280 Å². The van der Waals surface area contributed by atoms with Gasteiger partial charge in [-0.05, 0) is 66.8 Å². The minimum Gasteiger partial charge on any atom is -0.480 e. The molecule has 0 bridgehead atoms. The Morgan fingerprint density at radius 1 is 0.822 bits per heavy atom. The quantitative estimate of drug-likeness (QED) is 0.0408. The Morgan fingerprint density at radius 3 is 2.11 bits per heavy atom. The van der Waals surface area contributed by atoms with Crippen LogP contribution in [0.15, 0.2) is 72.9 Å². The molecule has 19 nitrogen and oxygen atoms in total. The molecule has 1 aliphatic rings. The highest BCUT2D eigenvalue weighted by molar-refractivity contribution is 6.14. The summed E-state index contributed by atoms with van der Waals surface area (Å²) >= 11 is 0. The number of nitrogens with zero attached hydrogens (tertiary/aromatic N) is 3. The van der Waals surface area contributed by atoms with Crippen molar-refractivity contribution in [3.8, 4) is 11.1 Å². The van der Waals surface area contributed by atoms with E-state index in [1.807, 2.05) is 55.7 Å². The number of nitrogens with two attached hydrogens (primary N) is 1. The van der Waals surface area contributed by atoms with Crippen LogP contribution in [0.4, 0.5) is 8.78 Å². The second-order valence-electron chi connectivity index (χ2n) is 19.5. The largest absolute Gasteiger partial charge is 0.480 e. The number of hydrogen-bond acceptors (Lipinski definition) is 11. The molecule has 0 radical (unpaired) electrons. The van der Waals surface area contributed by atoms with Crippen molar-refractivity contribution in [2.24, 2.45) is 23.0 Å². The summed E-state index contributed by atoms with van der Waals surface area (Å²) in [6, 6.07) is 10.0. The maximum atomic E-state index is 15.1. The van der Waals surface area contributed by atoms with Crippen LogP contribution in [0.1, 0.15) is 97.4 Å². The van der Waals surface area contributed by atoms with Gasteiger partial charge in [0.25, 0.3) is 11.8 Å². The molecule has 7 amide bonds. The molecule has 0 unspecified atom stereocenters. The summed E-state index contributed by atoms with van der Waals surface area (Å²) in [5.41, 5.74) is 7.47. The van der Waals surface area contributed by atoms with E-state index in [2.05, 4.69) is 21.3 Å². The fourth-order valence-corrected chi connectivity index (χ4v) is 8.39. The SMILES string of the molecule is CC(C)[C@H](NC(=O)CN1C(=O)C=CC1=O)C(=O)C[C@@H](C)C(=O)N[C@@H](CCCCNC(=O)CCNC(=O)[C@@H](N)CCN(C(=O)CO)[C@@H](c1cc(-c2cc(F)ccc2F)cn1Cc1ccccc1)C(C)(C)C)C(=O)O. The standard InChI is InChI=1S/C52H68F2N8O11/c1-31(2)47(59-43(66)29-62-44(67)17-18-45(62)68)41(64)24-32(3)49(70)58-39(51(72)73)14-10-11-21-56-42(65)19-22-57-50(71)38(55)20-23-61(46(69)30-63)48(52(4,5)6)40-25-34(36-26-35(53)15-16-37(36)54)28-60(40)27-33-12-8-7-9-13-33/h7-9,12-13,15-18,25-26,28,31-32,38-39,47-48,63H,10-11,14,19-24,27,29-30,55H2,1-6H3,(H,56,65)(H,57,71)(H,58,70)(H,59,66)(H,72,73)/t32-,38+,39+,47+,48+/m1/s1. The van der Waals surface area contributed by atoms with Gasteiger partial charge < -0.3 is 46.7 Å². The van der Waals surface area contributed by atoms with Crippen molar-refractivity contribution in [2.45, 2.75) is 111 Å². The van der Waals surface area contributed by atoms with Crippen molar-refractivity contribution >= 4 is 53.1 Å². The Labute approximate surface area is 423 Å². The average Bonchev–Trinajstić information content (AvgIpc) is 3.88. The highest BCUT2D eigenvalue weighted by Crippen LogP contribution is 2.41. The zero-order valence-electron chi connectivity index (χ0n) is 42.1. The van der Waals surface area contributed by atoms with Gasteiger partial charge in [-0.15, -0.1) is 0 Å². The van der Waals surface area contributed by atoms with E-state index in [9.17, 15) is 57.8 Å². The Kier molecular flexibility index (Phi) is 21.7. The lowest BCUT2D eigenvalue weighted by Gasteiger charge is -2.41. The fourth-order valence-electron chi connectivity index (χ4n) is 8.39. The molecule has 73 heavy (non-hydrogen) atoms. The predicted molar refractivity (Wildman–Crippen MR) is 264 cm³/mol. The number of Topliss-reactive ketones (excluding diaryl/α,β-unsaturated/α-hetero) is 1. The Balaban J connectivity index is 1.25. The number of carboxylic acid groups (broad SMARTS) is 1. The lowest BCUT2D eigenvalue weighted by molar-refractivity contribution is -0.143. The second kappa shape index (κ2) is 27.1. The Bertz CT molecular complexity index is 2490. The summed E-state index contributed by atoms with van der Waals surface area (Å²) in [6.45, 7) is 9.33. The van der Waals surface area contributed by atoms with Crippen molar-refractivity contribution in [1.29, 1.82) is 0 Å². The van der Waals surface area contributed by atoms with Crippen LogP contribution in [-0.2, 0) is 49.7 Å². The van der Waals surface area contributed by atoms with Gasteiger partial charge in [0.1, 0.15) is 30.8 Å². The third-order valence-corrected chi connectivity index (χ3v) is 12.2. The first-order valence-electron chi connectivity index (χ1n) is 24.2. The smallest absolute Gasteiger partial charge is 0.326 e. The molecule has 0 spiro atoms. The summed E-state index contributed by atoms with van der Waals surface area (Å²) in [7, 11) is 0. The number of benzene rings is 2. The fraction of sp³-hybridized carbons (Fsp3) is 0.481. The van der Waals surface area contributed by atoms with E-state index in [1.165, 1.54) is 11.8 Å². The van der Waals surface area contributed by atoms with Gasteiger partial charge in [-0.3, -0.25) is 43.3 Å². The Hall–Kier alpha value is -7.13. The molecule has 8 N–H and O–H groups in total. The van der Waals surface area contributed by atoms with Crippen molar-refractivity contribution < 1.29 is 62.1 Å². The molecule has 3 aromatic rings. The first-order valence-corrected chi connectivity index (χ1v) is 24.2. The van der Waals surface area contributed by atoms with Gasteiger partial charge in [-0.25, -0.2) is 13.6 Å². The molecule has 0 saturated carbocycles. The number of aromatic nitrogens is 1. The number of aliphatic hydroxyl groups is 1. The number of rotatable bonds is 28. The van der Waals surface area contributed by atoms with Crippen molar-refractivity contribution in [2.75, 3.05) is 32.8 Å². The number of aliphatic carboxylic acids is 1.